The number of benzene rings is 2. The first kappa shape index (κ1) is 20.2. The van der Waals surface area contributed by atoms with Crippen molar-refractivity contribution in [2.45, 2.75) is 12.8 Å². The minimum Gasteiger partial charge on any atom is -0.497 e. The molecule has 0 unspecified atom stereocenters. The van der Waals surface area contributed by atoms with Crippen molar-refractivity contribution in [3.63, 3.8) is 0 Å². The molecule has 2 bridgehead atoms. The summed E-state index contributed by atoms with van der Waals surface area (Å²) in [5.74, 6) is -0.214. The average molecular weight is 433 g/mol. The summed E-state index contributed by atoms with van der Waals surface area (Å²) in [5, 5.41) is 14.8. The Morgan fingerprint density at radius 3 is 2.47 bits per heavy atom. The maximum atomic E-state index is 13.0. The number of imide groups is 1. The van der Waals surface area contributed by atoms with Crippen LogP contribution in [0.5, 0.6) is 5.75 Å². The minimum atomic E-state index is -0.492. The van der Waals surface area contributed by atoms with Gasteiger partial charge in [0.1, 0.15) is 11.4 Å². The number of allylic oxidation sites excluding steroid dienone is 2. The Labute approximate surface area is 185 Å². The number of nitro groups is 1. The standard InChI is InChI=1S/C24H23N3O5/c1-32-18-4-2-3-14(11-18)9-10-25-19-8-7-17(13-20(19)27(30)31)26-23(28)21-15-5-6-16(12-15)22(21)24(26)29/h2-8,11,13,15-16,21-22,25H,9-10,12H2,1H3/t15-,16-,21+,22+/m0/s1. The highest BCUT2D eigenvalue weighted by Crippen LogP contribution is 2.53. The Morgan fingerprint density at radius 1 is 1.09 bits per heavy atom. The lowest BCUT2D eigenvalue weighted by Gasteiger charge is -2.18. The Hall–Kier alpha value is -3.68. The van der Waals surface area contributed by atoms with E-state index in [9.17, 15) is 19.7 Å². The molecule has 32 heavy (non-hydrogen) atoms. The normalized spacial score (nSPS) is 25.3. The van der Waals surface area contributed by atoms with E-state index in [1.54, 1.807) is 19.2 Å². The van der Waals surface area contributed by atoms with Gasteiger partial charge in [-0.2, -0.15) is 0 Å². The molecule has 5 rings (SSSR count). The minimum absolute atomic E-state index is 0.0963. The predicted octanol–water partition coefficient (Wildman–Crippen LogP) is 3.57. The number of carbonyl (C=O) groups is 2. The van der Waals surface area contributed by atoms with Crippen molar-refractivity contribution in [2.75, 3.05) is 23.9 Å². The third-order valence-corrected chi connectivity index (χ3v) is 6.77. The summed E-state index contributed by atoms with van der Waals surface area (Å²) in [6.45, 7) is 0.480. The Morgan fingerprint density at radius 2 is 1.81 bits per heavy atom. The van der Waals surface area contributed by atoms with Gasteiger partial charge in [-0.25, -0.2) is 4.90 Å². The molecule has 0 aromatic heterocycles. The number of rotatable bonds is 7. The summed E-state index contributed by atoms with van der Waals surface area (Å²) in [4.78, 5) is 38.4. The second kappa shape index (κ2) is 7.78. The highest BCUT2D eigenvalue weighted by molar-refractivity contribution is 6.23. The van der Waals surface area contributed by atoms with Crippen LogP contribution in [0.1, 0.15) is 12.0 Å². The van der Waals surface area contributed by atoms with Gasteiger partial charge >= 0.3 is 0 Å². The number of ether oxygens (including phenoxy) is 1. The molecular formula is C24H23N3O5. The average Bonchev–Trinajstić information content (AvgIpc) is 3.48. The molecule has 3 aliphatic rings. The second-order valence-corrected chi connectivity index (χ2v) is 8.50. The van der Waals surface area contributed by atoms with Crippen LogP contribution >= 0.6 is 0 Å². The molecule has 8 nitrogen and oxygen atoms in total. The Kier molecular flexibility index (Phi) is 4.92. The zero-order valence-electron chi connectivity index (χ0n) is 17.6. The maximum absolute atomic E-state index is 13.0. The van der Waals surface area contributed by atoms with E-state index in [1.807, 2.05) is 36.4 Å². The van der Waals surface area contributed by atoms with E-state index >= 15 is 0 Å². The van der Waals surface area contributed by atoms with Gasteiger partial charge in [0.2, 0.25) is 11.8 Å². The van der Waals surface area contributed by atoms with E-state index in [0.717, 1.165) is 22.6 Å². The third-order valence-electron chi connectivity index (χ3n) is 6.77. The van der Waals surface area contributed by atoms with Crippen molar-refractivity contribution < 1.29 is 19.2 Å². The highest BCUT2D eigenvalue weighted by Gasteiger charge is 2.59. The van der Waals surface area contributed by atoms with E-state index in [2.05, 4.69) is 5.32 Å². The molecule has 1 N–H and O–H groups in total. The number of amides is 2. The number of methoxy groups -OCH3 is 1. The van der Waals surface area contributed by atoms with E-state index < -0.39 is 4.92 Å². The number of fused-ring (bicyclic) bond motifs is 5. The molecule has 4 atom stereocenters. The summed E-state index contributed by atoms with van der Waals surface area (Å²) in [6.07, 6.45) is 5.55. The van der Waals surface area contributed by atoms with Crippen molar-refractivity contribution in [1.29, 1.82) is 0 Å². The molecule has 0 radical (unpaired) electrons. The summed E-state index contributed by atoms with van der Waals surface area (Å²) in [6, 6.07) is 12.1. The van der Waals surface area contributed by atoms with Crippen molar-refractivity contribution in [3.8, 4) is 5.75 Å². The highest BCUT2D eigenvalue weighted by atomic mass is 16.6. The second-order valence-electron chi connectivity index (χ2n) is 8.50. The van der Waals surface area contributed by atoms with Crippen LogP contribution < -0.4 is 15.0 Å². The molecule has 2 aromatic rings. The van der Waals surface area contributed by atoms with Gasteiger partial charge in [0, 0.05) is 12.6 Å². The molecule has 2 aliphatic carbocycles. The number of nitro benzene ring substituents is 1. The summed E-state index contributed by atoms with van der Waals surface area (Å²) in [5.41, 5.74) is 1.49. The lowest BCUT2D eigenvalue weighted by molar-refractivity contribution is -0.383. The fourth-order valence-corrected chi connectivity index (χ4v) is 5.29. The predicted molar refractivity (Wildman–Crippen MR) is 118 cm³/mol. The first-order valence-corrected chi connectivity index (χ1v) is 10.7. The van der Waals surface area contributed by atoms with Crippen LogP contribution in [-0.2, 0) is 16.0 Å². The fraction of sp³-hybridized carbons (Fsp3) is 0.333. The number of carbonyl (C=O) groups excluding carboxylic acids is 2. The van der Waals surface area contributed by atoms with Crippen LogP contribution in [-0.4, -0.2) is 30.4 Å². The molecule has 0 spiro atoms. The summed E-state index contributed by atoms with van der Waals surface area (Å²) in [7, 11) is 1.60. The molecule has 2 amide bonds. The van der Waals surface area contributed by atoms with Gasteiger partial charge < -0.3 is 10.1 Å². The zero-order valence-corrected chi connectivity index (χ0v) is 17.6. The molecule has 164 valence electrons. The zero-order chi connectivity index (χ0) is 22.4. The number of hydrogen-bond acceptors (Lipinski definition) is 6. The molecule has 1 saturated heterocycles. The third kappa shape index (κ3) is 3.23. The summed E-state index contributed by atoms with van der Waals surface area (Å²) < 4.78 is 5.22. The molecule has 2 fully saturated rings. The number of hydrogen-bond donors (Lipinski definition) is 1. The van der Waals surface area contributed by atoms with Crippen LogP contribution in [0, 0.1) is 33.8 Å². The van der Waals surface area contributed by atoms with Crippen LogP contribution in [0.2, 0.25) is 0 Å². The van der Waals surface area contributed by atoms with Gasteiger partial charge in [-0.05, 0) is 54.5 Å². The molecule has 1 heterocycles. The smallest absolute Gasteiger partial charge is 0.294 e. The maximum Gasteiger partial charge on any atom is 0.294 e. The van der Waals surface area contributed by atoms with E-state index in [-0.39, 0.29) is 46.9 Å². The van der Waals surface area contributed by atoms with Crippen LogP contribution in [0.3, 0.4) is 0 Å². The molecule has 2 aromatic carbocycles. The quantitative estimate of drug-likeness (QED) is 0.310. The number of nitrogens with zero attached hydrogens (tertiary/aromatic N) is 2. The van der Waals surface area contributed by atoms with E-state index in [0.29, 0.717) is 18.7 Å². The van der Waals surface area contributed by atoms with Gasteiger partial charge in [-0.15, -0.1) is 0 Å². The first-order chi connectivity index (χ1) is 15.5. The number of nitrogens with one attached hydrogen (secondary N) is 1. The Balaban J connectivity index is 1.34. The van der Waals surface area contributed by atoms with Crippen LogP contribution in [0.4, 0.5) is 17.1 Å². The topological polar surface area (TPSA) is 102 Å². The molecule has 8 heteroatoms. The molecule has 1 aliphatic heterocycles. The first-order valence-electron chi connectivity index (χ1n) is 10.7. The van der Waals surface area contributed by atoms with Gasteiger partial charge in [0.15, 0.2) is 0 Å². The largest absolute Gasteiger partial charge is 0.497 e. The van der Waals surface area contributed by atoms with Gasteiger partial charge in [0.25, 0.3) is 5.69 Å². The van der Waals surface area contributed by atoms with Crippen molar-refractivity contribution in [3.05, 3.63) is 70.3 Å². The fourth-order valence-electron chi connectivity index (χ4n) is 5.29. The van der Waals surface area contributed by atoms with Crippen LogP contribution in [0.25, 0.3) is 0 Å². The molecule has 1 saturated carbocycles. The lowest BCUT2D eigenvalue weighted by Crippen LogP contribution is -2.32. The van der Waals surface area contributed by atoms with Crippen molar-refractivity contribution in [1.82, 2.24) is 0 Å². The summed E-state index contributed by atoms with van der Waals surface area (Å²) >= 11 is 0. The molecular weight excluding hydrogens is 410 g/mol. The van der Waals surface area contributed by atoms with E-state index in [1.165, 1.54) is 6.07 Å². The van der Waals surface area contributed by atoms with Gasteiger partial charge in [-0.1, -0.05) is 24.3 Å². The van der Waals surface area contributed by atoms with Crippen molar-refractivity contribution in [2.24, 2.45) is 23.7 Å². The van der Waals surface area contributed by atoms with Gasteiger partial charge in [0.05, 0.1) is 29.6 Å². The SMILES string of the molecule is COc1cccc(CCNc2ccc(N3C(=O)[C@H]4[C@H](C3=O)[C@H]3C=C[C@H]4C3)cc2[N+](=O)[O-])c1. The monoisotopic (exact) mass is 433 g/mol. The van der Waals surface area contributed by atoms with Gasteiger partial charge in [-0.3, -0.25) is 19.7 Å². The van der Waals surface area contributed by atoms with Crippen molar-refractivity contribution >= 4 is 28.9 Å². The Bertz CT molecular complexity index is 1110. The number of anilines is 2. The lowest BCUT2D eigenvalue weighted by atomic mass is 9.85. The van der Waals surface area contributed by atoms with E-state index in [4.69, 9.17) is 4.74 Å². The van der Waals surface area contributed by atoms with Crippen LogP contribution in [0.15, 0.2) is 54.6 Å².